The molecule has 4 rings (SSSR count). The van der Waals surface area contributed by atoms with Crippen molar-refractivity contribution in [2.45, 2.75) is 43.0 Å². The number of aromatic nitrogens is 1. The van der Waals surface area contributed by atoms with Crippen LogP contribution in [0.25, 0.3) is 11.3 Å². The number of carbonyl (C=O) groups is 3. The van der Waals surface area contributed by atoms with Crippen LogP contribution in [-0.4, -0.2) is 61.0 Å². The molecule has 1 aromatic carbocycles. The van der Waals surface area contributed by atoms with Gasteiger partial charge in [-0.05, 0) is 20.8 Å². The molecule has 0 unspecified atom stereocenters. The number of carboxylic acid groups (broad SMARTS) is 1. The maximum Gasteiger partial charge on any atom is 1.00 e. The topological polar surface area (TPSA) is 179 Å². The Bertz CT molecular complexity index is 982. The number of carboxylic acids is 1. The normalized spacial score (nSPS) is 22.7. The minimum absolute atomic E-state index is 0. The zero-order chi connectivity index (χ0) is 20.2. The summed E-state index contributed by atoms with van der Waals surface area (Å²) in [5.74, 6) is -1.86. The van der Waals surface area contributed by atoms with Crippen molar-refractivity contribution in [3.8, 4) is 11.3 Å². The first-order valence-electron chi connectivity index (χ1n) is 8.76. The van der Waals surface area contributed by atoms with Gasteiger partial charge in [-0.3, -0.25) is 9.59 Å². The molecule has 0 saturated carbocycles. The third-order valence-electron chi connectivity index (χ3n) is 5.09. The summed E-state index contributed by atoms with van der Waals surface area (Å²) >= 11 is 1.34. The SMILES string of the molecule is Cc1onc(-c2ccccc2)c1C(=O)N[C@@H]1C(=O)N2[C@@H]1SC(C)(C)[C@@H]2C(=O)[O-].O.O.[Na+]. The van der Waals surface area contributed by atoms with Crippen LogP contribution >= 0.6 is 11.8 Å². The van der Waals surface area contributed by atoms with Crippen LogP contribution in [0.3, 0.4) is 0 Å². The van der Waals surface area contributed by atoms with E-state index in [9.17, 15) is 19.5 Å². The van der Waals surface area contributed by atoms with Gasteiger partial charge >= 0.3 is 29.6 Å². The minimum atomic E-state index is -1.29. The zero-order valence-corrected chi connectivity index (χ0v) is 20.3. The monoisotopic (exact) mass is 459 g/mol. The Hall–Kier alpha value is -1.89. The Morgan fingerprint density at radius 2 is 1.84 bits per heavy atom. The second-order valence-electron chi connectivity index (χ2n) is 7.36. The minimum Gasteiger partial charge on any atom is -0.548 e. The number of nitrogens with one attached hydrogen (secondary N) is 1. The Morgan fingerprint density at radius 3 is 2.42 bits per heavy atom. The van der Waals surface area contributed by atoms with E-state index in [1.807, 2.05) is 30.3 Å². The van der Waals surface area contributed by atoms with Crippen molar-refractivity contribution in [2.24, 2.45) is 0 Å². The fourth-order valence-electron chi connectivity index (χ4n) is 3.77. The van der Waals surface area contributed by atoms with Gasteiger partial charge in [0.25, 0.3) is 5.91 Å². The third kappa shape index (κ3) is 4.38. The van der Waals surface area contributed by atoms with Crippen molar-refractivity contribution in [3.05, 3.63) is 41.7 Å². The Kier molecular flexibility index (Phi) is 8.51. The Labute approximate surface area is 204 Å². The number of hydrogen-bond donors (Lipinski definition) is 1. The van der Waals surface area contributed by atoms with E-state index in [0.29, 0.717) is 11.5 Å². The summed E-state index contributed by atoms with van der Waals surface area (Å²) in [6, 6.07) is 7.29. The second kappa shape index (κ2) is 9.72. The average Bonchev–Trinajstić information content (AvgIpc) is 3.15. The predicted octanol–water partition coefficient (Wildman–Crippen LogP) is -4.08. The van der Waals surface area contributed by atoms with E-state index in [4.69, 9.17) is 4.52 Å². The van der Waals surface area contributed by atoms with Gasteiger partial charge in [0.05, 0.1) is 12.0 Å². The first-order chi connectivity index (χ1) is 13.2. The molecule has 2 aliphatic rings. The average molecular weight is 459 g/mol. The Morgan fingerprint density at radius 1 is 1.23 bits per heavy atom. The Balaban J connectivity index is 0.00000160. The number of amides is 2. The third-order valence-corrected chi connectivity index (χ3v) is 6.66. The number of fused-ring (bicyclic) bond motifs is 1. The molecule has 2 amide bonds. The summed E-state index contributed by atoms with van der Waals surface area (Å²) in [4.78, 5) is 38.2. The first kappa shape index (κ1) is 27.1. The standard InChI is InChI=1S/C19H19N3O5S.Na.2H2O/c1-9-11(12(21-27-9)10-7-5-4-6-8-10)15(23)20-13-16(24)22-14(18(25)26)19(2,3)28-17(13)22;;;/h4-8,13-14,17H,1-3H3,(H,20,23)(H,25,26);;2*1H2/q;+1;;/p-1/t13-,14+,17-;;;/m1.../s1. The molecule has 31 heavy (non-hydrogen) atoms. The first-order valence-corrected chi connectivity index (χ1v) is 9.64. The van der Waals surface area contributed by atoms with Gasteiger partial charge in [0, 0.05) is 10.3 Å². The van der Waals surface area contributed by atoms with Crippen LogP contribution in [0, 0.1) is 6.92 Å². The number of benzene rings is 1. The molecular formula is C19H22N3NaO7S. The summed E-state index contributed by atoms with van der Waals surface area (Å²) in [7, 11) is 0. The predicted molar refractivity (Wildman–Crippen MR) is 106 cm³/mol. The number of thioether (sulfide) groups is 1. The molecule has 10 nitrogen and oxygen atoms in total. The molecule has 0 radical (unpaired) electrons. The summed E-state index contributed by atoms with van der Waals surface area (Å²) in [6.07, 6.45) is 0. The van der Waals surface area contributed by atoms with E-state index in [1.165, 1.54) is 16.7 Å². The van der Waals surface area contributed by atoms with Crippen LogP contribution in [0.4, 0.5) is 0 Å². The largest absolute Gasteiger partial charge is 1.00 e. The van der Waals surface area contributed by atoms with Gasteiger partial charge in [-0.2, -0.15) is 0 Å². The van der Waals surface area contributed by atoms with Crippen molar-refractivity contribution in [3.63, 3.8) is 0 Å². The van der Waals surface area contributed by atoms with Crippen LogP contribution < -0.4 is 40.0 Å². The summed E-state index contributed by atoms with van der Waals surface area (Å²) in [6.45, 7) is 5.13. The van der Waals surface area contributed by atoms with Crippen LogP contribution in [0.5, 0.6) is 0 Å². The molecule has 2 aromatic rings. The summed E-state index contributed by atoms with van der Waals surface area (Å²) < 4.78 is 4.49. The van der Waals surface area contributed by atoms with Gasteiger partial charge in [-0.1, -0.05) is 35.5 Å². The molecule has 162 valence electrons. The van der Waals surface area contributed by atoms with E-state index in [0.717, 1.165) is 5.56 Å². The van der Waals surface area contributed by atoms with Crippen LogP contribution in [0.15, 0.2) is 34.9 Å². The molecule has 5 N–H and O–H groups in total. The second-order valence-corrected chi connectivity index (χ2v) is 9.13. The molecule has 2 saturated heterocycles. The fourth-order valence-corrected chi connectivity index (χ4v) is 5.39. The molecule has 2 fully saturated rings. The van der Waals surface area contributed by atoms with Gasteiger partial charge < -0.3 is 35.6 Å². The van der Waals surface area contributed by atoms with Crippen LogP contribution in [-0.2, 0) is 9.59 Å². The van der Waals surface area contributed by atoms with E-state index in [2.05, 4.69) is 10.5 Å². The van der Waals surface area contributed by atoms with Crippen LogP contribution in [0.2, 0.25) is 0 Å². The van der Waals surface area contributed by atoms with Crippen LogP contribution in [0.1, 0.15) is 30.0 Å². The number of hydrogen-bond acceptors (Lipinski definition) is 7. The molecular weight excluding hydrogens is 437 g/mol. The summed E-state index contributed by atoms with van der Waals surface area (Å²) in [5, 5.41) is 17.7. The molecule has 3 heterocycles. The van der Waals surface area contributed by atoms with E-state index < -0.39 is 40.0 Å². The maximum absolute atomic E-state index is 12.9. The van der Waals surface area contributed by atoms with Crippen molar-refractivity contribution < 1.29 is 64.5 Å². The van der Waals surface area contributed by atoms with Crippen molar-refractivity contribution in [2.75, 3.05) is 0 Å². The van der Waals surface area contributed by atoms with Crippen molar-refractivity contribution in [1.82, 2.24) is 15.4 Å². The summed E-state index contributed by atoms with van der Waals surface area (Å²) in [5.41, 5.74) is 1.38. The van der Waals surface area contributed by atoms with Crippen molar-refractivity contribution >= 4 is 29.5 Å². The van der Waals surface area contributed by atoms with E-state index in [1.54, 1.807) is 20.8 Å². The van der Waals surface area contributed by atoms with Crippen molar-refractivity contribution in [1.29, 1.82) is 0 Å². The molecule has 3 atom stereocenters. The van der Waals surface area contributed by atoms with Gasteiger partial charge in [0.15, 0.2) is 0 Å². The fraction of sp³-hybridized carbons (Fsp3) is 0.368. The smallest absolute Gasteiger partial charge is 0.548 e. The van der Waals surface area contributed by atoms with E-state index in [-0.39, 0.29) is 46.1 Å². The number of aliphatic carboxylic acids is 1. The number of β-lactam (4-membered cyclic amide) rings is 1. The van der Waals surface area contributed by atoms with Gasteiger partial charge in [0.2, 0.25) is 5.91 Å². The maximum atomic E-state index is 12.9. The number of nitrogens with zero attached hydrogens (tertiary/aromatic N) is 2. The number of aryl methyl sites for hydroxylation is 1. The molecule has 0 spiro atoms. The van der Waals surface area contributed by atoms with Gasteiger partial charge in [-0.25, -0.2) is 0 Å². The molecule has 1 aromatic heterocycles. The molecule has 2 aliphatic heterocycles. The van der Waals surface area contributed by atoms with Gasteiger partial charge in [-0.15, -0.1) is 11.8 Å². The number of rotatable bonds is 4. The quantitative estimate of drug-likeness (QED) is 0.357. The molecule has 12 heteroatoms. The van der Waals surface area contributed by atoms with Gasteiger partial charge in [0.1, 0.15) is 28.4 Å². The zero-order valence-electron chi connectivity index (χ0n) is 17.5. The van der Waals surface area contributed by atoms with E-state index >= 15 is 0 Å². The number of carbonyl (C=O) groups excluding carboxylic acids is 3. The molecule has 0 bridgehead atoms. The molecule has 0 aliphatic carbocycles.